The minimum Gasteiger partial charge on any atom is -0.381 e. The van der Waals surface area contributed by atoms with E-state index < -0.39 is 4.92 Å². The maximum Gasteiger partial charge on any atom is 0.269 e. The smallest absolute Gasteiger partial charge is 0.269 e. The second-order valence-electron chi connectivity index (χ2n) is 6.38. The van der Waals surface area contributed by atoms with Crippen molar-refractivity contribution in [1.29, 1.82) is 0 Å². The van der Waals surface area contributed by atoms with Gasteiger partial charge in [0.05, 0.1) is 4.92 Å². The van der Waals surface area contributed by atoms with Crippen molar-refractivity contribution < 1.29 is 9.72 Å². The monoisotopic (exact) mass is 376 g/mol. The van der Waals surface area contributed by atoms with Crippen LogP contribution in [0.3, 0.4) is 0 Å². The summed E-state index contributed by atoms with van der Waals surface area (Å²) < 4.78 is 0. The Morgan fingerprint density at radius 2 is 1.79 bits per heavy atom. The number of benzene rings is 2. The number of nitro benzene ring substituents is 1. The Labute approximate surface area is 162 Å². The molecule has 0 bridgehead atoms. The van der Waals surface area contributed by atoms with E-state index >= 15 is 0 Å². The zero-order chi connectivity index (χ0) is 20.1. The summed E-state index contributed by atoms with van der Waals surface area (Å²) in [5.41, 5.74) is 4.14. The second kappa shape index (κ2) is 8.30. The van der Waals surface area contributed by atoms with Crippen LogP contribution in [0.1, 0.15) is 21.5 Å². The summed E-state index contributed by atoms with van der Waals surface area (Å²) in [6, 6.07) is 15.8. The van der Waals surface area contributed by atoms with Crippen molar-refractivity contribution in [2.75, 3.05) is 17.3 Å². The summed E-state index contributed by atoms with van der Waals surface area (Å²) in [5.74, 6) is -0.102. The van der Waals surface area contributed by atoms with E-state index in [0.29, 0.717) is 12.1 Å². The number of pyridine rings is 1. The minimum atomic E-state index is -0.404. The number of nitro groups is 1. The van der Waals surface area contributed by atoms with Crippen LogP contribution in [-0.4, -0.2) is 22.9 Å². The molecule has 142 valence electrons. The van der Waals surface area contributed by atoms with Gasteiger partial charge >= 0.3 is 0 Å². The lowest BCUT2D eigenvalue weighted by Gasteiger charge is -2.18. The fourth-order valence-electron chi connectivity index (χ4n) is 2.80. The first-order valence-electron chi connectivity index (χ1n) is 8.71. The van der Waals surface area contributed by atoms with Crippen molar-refractivity contribution in [2.24, 2.45) is 0 Å². The number of aryl methyl sites for hydroxylation is 1. The number of hydrogen-bond donors (Lipinski definition) is 1. The van der Waals surface area contributed by atoms with Gasteiger partial charge in [-0.3, -0.25) is 19.9 Å². The fourth-order valence-corrected chi connectivity index (χ4v) is 2.80. The van der Waals surface area contributed by atoms with E-state index in [-0.39, 0.29) is 11.6 Å². The van der Waals surface area contributed by atoms with Crippen LogP contribution >= 0.6 is 0 Å². The van der Waals surface area contributed by atoms with Crippen LogP contribution in [0.15, 0.2) is 67.0 Å². The lowest BCUT2D eigenvalue weighted by atomic mass is 10.1. The van der Waals surface area contributed by atoms with Gasteiger partial charge in [-0.2, -0.15) is 0 Å². The van der Waals surface area contributed by atoms with Crippen molar-refractivity contribution in [3.8, 4) is 0 Å². The lowest BCUT2D eigenvalue weighted by molar-refractivity contribution is -0.384. The molecule has 3 rings (SSSR count). The number of nitrogens with zero attached hydrogens (tertiary/aromatic N) is 3. The van der Waals surface area contributed by atoms with Gasteiger partial charge in [-0.15, -0.1) is 0 Å². The second-order valence-corrected chi connectivity index (χ2v) is 6.38. The molecule has 0 saturated heterocycles. The number of carbonyl (C=O) groups is 1. The molecule has 0 atom stereocenters. The highest BCUT2D eigenvalue weighted by molar-refractivity contribution is 6.05. The van der Waals surface area contributed by atoms with E-state index in [4.69, 9.17) is 0 Å². The molecule has 1 N–H and O–H groups in total. The number of carbonyl (C=O) groups excluding carboxylic acids is 1. The van der Waals surface area contributed by atoms with Crippen molar-refractivity contribution in [3.63, 3.8) is 0 Å². The third-order valence-electron chi connectivity index (χ3n) is 4.46. The Morgan fingerprint density at radius 3 is 2.39 bits per heavy atom. The molecule has 0 spiro atoms. The Balaban J connectivity index is 1.65. The van der Waals surface area contributed by atoms with E-state index in [1.54, 1.807) is 48.6 Å². The molecule has 0 aliphatic carbocycles. The predicted molar refractivity (Wildman–Crippen MR) is 109 cm³/mol. The molecule has 1 aromatic heterocycles. The molecule has 0 unspecified atom stereocenters. The molecule has 0 aliphatic heterocycles. The summed E-state index contributed by atoms with van der Waals surface area (Å²) >= 11 is 0. The van der Waals surface area contributed by atoms with Gasteiger partial charge < -0.3 is 10.2 Å². The van der Waals surface area contributed by atoms with Crippen molar-refractivity contribution >= 4 is 23.0 Å². The highest BCUT2D eigenvalue weighted by Crippen LogP contribution is 2.22. The first-order chi connectivity index (χ1) is 13.5. The van der Waals surface area contributed by atoms with Gasteiger partial charge in [-0.1, -0.05) is 12.1 Å². The normalized spacial score (nSPS) is 10.4. The molecule has 1 heterocycles. The van der Waals surface area contributed by atoms with Gasteiger partial charge in [0, 0.05) is 55.1 Å². The number of anilines is 2. The summed E-state index contributed by atoms with van der Waals surface area (Å²) in [6.07, 6.45) is 3.19. The van der Waals surface area contributed by atoms with Gasteiger partial charge in [-0.25, -0.2) is 0 Å². The maximum absolute atomic E-state index is 12.5. The number of nitrogens with one attached hydrogen (secondary N) is 1. The number of rotatable bonds is 6. The number of non-ortho nitro benzene ring substituents is 1. The average Bonchev–Trinajstić information content (AvgIpc) is 2.72. The van der Waals surface area contributed by atoms with Crippen molar-refractivity contribution in [3.05, 3.63) is 93.8 Å². The van der Waals surface area contributed by atoms with Crippen LogP contribution in [0.2, 0.25) is 0 Å². The van der Waals surface area contributed by atoms with E-state index in [2.05, 4.69) is 10.3 Å². The van der Waals surface area contributed by atoms with E-state index in [1.807, 2.05) is 31.2 Å². The highest BCUT2D eigenvalue weighted by atomic mass is 16.6. The largest absolute Gasteiger partial charge is 0.381 e. The van der Waals surface area contributed by atoms with Gasteiger partial charge in [0.15, 0.2) is 0 Å². The summed E-state index contributed by atoms with van der Waals surface area (Å²) in [7, 11) is 1.73. The quantitative estimate of drug-likeness (QED) is 0.515. The maximum atomic E-state index is 12.5. The molecular formula is C21H20N4O3. The minimum absolute atomic E-state index is 0.0781. The van der Waals surface area contributed by atoms with Crippen LogP contribution in [0, 0.1) is 17.0 Å². The van der Waals surface area contributed by atoms with Crippen LogP contribution in [-0.2, 0) is 6.54 Å². The van der Waals surface area contributed by atoms with Gasteiger partial charge in [-0.05, 0) is 48.4 Å². The summed E-state index contributed by atoms with van der Waals surface area (Å²) in [5, 5.41) is 14.1. The zero-order valence-corrected chi connectivity index (χ0v) is 15.6. The van der Waals surface area contributed by atoms with Crippen molar-refractivity contribution in [1.82, 2.24) is 4.98 Å². The molecule has 3 aromatic rings. The molecule has 0 radical (unpaired) electrons. The number of aromatic nitrogens is 1. The standard InChI is InChI=1S/C21H20N4O3/c1-15-13-19(25(27)28)7-8-20(15)23-14-16-3-5-18(6-4-16)24(2)21(26)17-9-11-22-12-10-17/h3-13,23H,14H2,1-2H3. The fraction of sp³-hybridized carbons (Fsp3) is 0.143. The average molecular weight is 376 g/mol. The lowest BCUT2D eigenvalue weighted by Crippen LogP contribution is -2.26. The Kier molecular flexibility index (Phi) is 5.64. The molecule has 1 amide bonds. The van der Waals surface area contributed by atoms with Crippen LogP contribution in [0.25, 0.3) is 0 Å². The van der Waals surface area contributed by atoms with Gasteiger partial charge in [0.2, 0.25) is 0 Å². The Hall–Kier alpha value is -3.74. The zero-order valence-electron chi connectivity index (χ0n) is 15.6. The van der Waals surface area contributed by atoms with Crippen LogP contribution < -0.4 is 10.2 Å². The molecule has 0 fully saturated rings. The van der Waals surface area contributed by atoms with E-state index in [1.165, 1.54) is 6.07 Å². The highest BCUT2D eigenvalue weighted by Gasteiger charge is 2.13. The molecule has 0 saturated carbocycles. The van der Waals surface area contributed by atoms with Gasteiger partial charge in [0.25, 0.3) is 11.6 Å². The molecule has 28 heavy (non-hydrogen) atoms. The van der Waals surface area contributed by atoms with E-state index in [9.17, 15) is 14.9 Å². The Bertz CT molecular complexity index is 988. The first-order valence-corrected chi connectivity index (χ1v) is 8.71. The van der Waals surface area contributed by atoms with Crippen LogP contribution in [0.4, 0.5) is 17.1 Å². The van der Waals surface area contributed by atoms with Gasteiger partial charge in [0.1, 0.15) is 0 Å². The molecule has 7 heteroatoms. The predicted octanol–water partition coefficient (Wildman–Crippen LogP) is 4.19. The first kappa shape index (κ1) is 19.0. The summed E-state index contributed by atoms with van der Waals surface area (Å²) in [4.78, 5) is 28.4. The molecular weight excluding hydrogens is 356 g/mol. The Morgan fingerprint density at radius 1 is 1.11 bits per heavy atom. The van der Waals surface area contributed by atoms with Crippen LogP contribution in [0.5, 0.6) is 0 Å². The number of amides is 1. The third kappa shape index (κ3) is 4.32. The topological polar surface area (TPSA) is 88.4 Å². The molecule has 0 aliphatic rings. The molecule has 2 aromatic carbocycles. The summed E-state index contributed by atoms with van der Waals surface area (Å²) in [6.45, 7) is 2.40. The molecule has 7 nitrogen and oxygen atoms in total. The van der Waals surface area contributed by atoms with E-state index in [0.717, 1.165) is 22.5 Å². The number of hydrogen-bond acceptors (Lipinski definition) is 5. The SMILES string of the molecule is Cc1cc([N+](=O)[O-])ccc1NCc1ccc(N(C)C(=O)c2ccncc2)cc1. The third-order valence-corrected chi connectivity index (χ3v) is 4.46. The van der Waals surface area contributed by atoms with Crippen molar-refractivity contribution in [2.45, 2.75) is 13.5 Å².